The molecule has 3 aromatic rings. The molecule has 0 aromatic heterocycles. The Labute approximate surface area is 210 Å². The molecule has 5 atom stereocenters. The van der Waals surface area contributed by atoms with Gasteiger partial charge in [0.05, 0.1) is 6.61 Å². The van der Waals surface area contributed by atoms with Gasteiger partial charge in [0.1, 0.15) is 35.4 Å². The van der Waals surface area contributed by atoms with E-state index in [9.17, 15) is 10.2 Å². The SMILES string of the molecule is CCNC1=N[C@@H]2[C@@H](O)[C@H](O)[C@@H](COC(c3ccccc3)(c3ccccc3)c3ccccc3)O[C@@H]2S1. The highest BCUT2D eigenvalue weighted by Gasteiger charge is 2.49. The fourth-order valence-electron chi connectivity index (χ4n) is 4.78. The van der Waals surface area contributed by atoms with E-state index in [1.54, 1.807) is 0 Å². The molecule has 0 bridgehead atoms. The number of benzene rings is 3. The first-order chi connectivity index (χ1) is 17.1. The second-order valence-electron chi connectivity index (χ2n) is 8.69. The highest BCUT2D eigenvalue weighted by molar-refractivity contribution is 8.14. The van der Waals surface area contributed by atoms with Crippen LogP contribution in [0.1, 0.15) is 23.6 Å². The van der Waals surface area contributed by atoms with Crippen molar-refractivity contribution in [1.82, 2.24) is 5.32 Å². The number of hydrogen-bond acceptors (Lipinski definition) is 7. The largest absolute Gasteiger partial charge is 0.388 e. The van der Waals surface area contributed by atoms with Crippen LogP contribution < -0.4 is 5.32 Å². The standard InChI is InChI=1S/C28H30N2O4S/c1-2-29-27-30-23-25(32)24(31)22(34-26(23)35-27)18-33-28(19-12-6-3-7-13-19,20-14-8-4-9-15-20)21-16-10-5-11-17-21/h3-17,22-26,31-32H,2,18H2,1H3,(H,29,30)/t22-,23-,24-,25-,26-/m1/s1. The number of aliphatic hydroxyl groups excluding tert-OH is 2. The normalized spacial score (nSPS) is 26.1. The zero-order valence-corrected chi connectivity index (χ0v) is 20.3. The molecule has 5 rings (SSSR count). The van der Waals surface area contributed by atoms with E-state index in [1.807, 2.05) is 97.9 Å². The number of aliphatic imine (C=N–C) groups is 1. The van der Waals surface area contributed by atoms with Gasteiger partial charge in [-0.05, 0) is 23.6 Å². The van der Waals surface area contributed by atoms with Crippen LogP contribution in [0.5, 0.6) is 0 Å². The minimum absolute atomic E-state index is 0.0806. The zero-order valence-electron chi connectivity index (χ0n) is 19.5. The van der Waals surface area contributed by atoms with Crippen molar-refractivity contribution in [2.45, 2.75) is 42.3 Å². The zero-order chi connectivity index (χ0) is 24.3. The van der Waals surface area contributed by atoms with Gasteiger partial charge in [-0.1, -0.05) is 103 Å². The number of nitrogens with one attached hydrogen (secondary N) is 1. The quantitative estimate of drug-likeness (QED) is 0.440. The molecule has 7 heteroatoms. The summed E-state index contributed by atoms with van der Waals surface area (Å²) in [6.45, 7) is 2.80. The highest BCUT2D eigenvalue weighted by atomic mass is 32.2. The summed E-state index contributed by atoms with van der Waals surface area (Å²) >= 11 is 1.44. The smallest absolute Gasteiger partial charge is 0.159 e. The molecule has 6 nitrogen and oxygen atoms in total. The van der Waals surface area contributed by atoms with Gasteiger partial charge in [-0.3, -0.25) is 4.99 Å². The van der Waals surface area contributed by atoms with E-state index in [0.717, 1.165) is 28.4 Å². The molecular weight excluding hydrogens is 460 g/mol. The van der Waals surface area contributed by atoms with E-state index >= 15 is 0 Å². The molecule has 3 aromatic carbocycles. The highest BCUT2D eigenvalue weighted by Crippen LogP contribution is 2.42. The number of fused-ring (bicyclic) bond motifs is 1. The maximum Gasteiger partial charge on any atom is 0.159 e. The van der Waals surface area contributed by atoms with E-state index in [-0.39, 0.29) is 12.0 Å². The summed E-state index contributed by atoms with van der Waals surface area (Å²) in [7, 11) is 0. The average Bonchev–Trinajstić information content (AvgIpc) is 3.32. The van der Waals surface area contributed by atoms with Crippen molar-refractivity contribution < 1.29 is 19.7 Å². The van der Waals surface area contributed by atoms with E-state index < -0.39 is 30.0 Å². The number of thioether (sulfide) groups is 1. The van der Waals surface area contributed by atoms with Crippen LogP contribution in [-0.2, 0) is 15.1 Å². The van der Waals surface area contributed by atoms with Crippen LogP contribution in [-0.4, -0.2) is 58.3 Å². The molecular formula is C28H30N2O4S. The van der Waals surface area contributed by atoms with Crippen LogP contribution in [0.4, 0.5) is 0 Å². The monoisotopic (exact) mass is 490 g/mol. The van der Waals surface area contributed by atoms with E-state index in [0.29, 0.717) is 0 Å². The maximum atomic E-state index is 11.0. The lowest BCUT2D eigenvalue weighted by atomic mass is 9.80. The fourth-order valence-corrected chi connectivity index (χ4v) is 5.97. The third kappa shape index (κ3) is 4.62. The van der Waals surface area contributed by atoms with Crippen LogP contribution >= 0.6 is 11.8 Å². The molecule has 3 N–H and O–H groups in total. The van der Waals surface area contributed by atoms with Crippen molar-refractivity contribution in [3.63, 3.8) is 0 Å². The van der Waals surface area contributed by atoms with Crippen LogP contribution in [0.25, 0.3) is 0 Å². The summed E-state index contributed by atoms with van der Waals surface area (Å²) < 4.78 is 13.1. The van der Waals surface area contributed by atoms with Crippen molar-refractivity contribution in [2.75, 3.05) is 13.2 Å². The third-order valence-corrected chi connectivity index (χ3v) is 7.59. The molecule has 1 saturated heterocycles. The van der Waals surface area contributed by atoms with Gasteiger partial charge in [0.25, 0.3) is 0 Å². The van der Waals surface area contributed by atoms with Crippen molar-refractivity contribution in [3.8, 4) is 0 Å². The topological polar surface area (TPSA) is 83.3 Å². The van der Waals surface area contributed by atoms with Crippen molar-refractivity contribution in [1.29, 1.82) is 0 Å². The van der Waals surface area contributed by atoms with Gasteiger partial charge in [0.15, 0.2) is 5.17 Å². The number of amidine groups is 1. The van der Waals surface area contributed by atoms with Gasteiger partial charge < -0.3 is 25.0 Å². The van der Waals surface area contributed by atoms with Gasteiger partial charge in [0, 0.05) is 6.54 Å². The lowest BCUT2D eigenvalue weighted by Gasteiger charge is -2.41. The lowest BCUT2D eigenvalue weighted by molar-refractivity contribution is -0.181. The summed E-state index contributed by atoms with van der Waals surface area (Å²) in [6.07, 6.45) is -2.88. The Kier molecular flexibility index (Phi) is 7.22. The predicted molar refractivity (Wildman–Crippen MR) is 138 cm³/mol. The first-order valence-corrected chi connectivity index (χ1v) is 12.8. The van der Waals surface area contributed by atoms with E-state index in [2.05, 4.69) is 10.3 Å². The Hall–Kier alpha value is -2.68. The van der Waals surface area contributed by atoms with E-state index in [1.165, 1.54) is 11.8 Å². The summed E-state index contributed by atoms with van der Waals surface area (Å²) in [4.78, 5) is 4.51. The van der Waals surface area contributed by atoms with Crippen LogP contribution in [0.2, 0.25) is 0 Å². The Balaban J connectivity index is 1.49. The van der Waals surface area contributed by atoms with Crippen LogP contribution in [0.3, 0.4) is 0 Å². The molecule has 0 aliphatic carbocycles. The predicted octanol–water partition coefficient (Wildman–Crippen LogP) is 3.52. The molecule has 0 spiro atoms. The average molecular weight is 491 g/mol. The summed E-state index contributed by atoms with van der Waals surface area (Å²) in [5, 5.41) is 25.7. The molecule has 2 heterocycles. The first kappa shape index (κ1) is 24.0. The first-order valence-electron chi connectivity index (χ1n) is 11.9. The number of nitrogens with zero attached hydrogens (tertiary/aromatic N) is 1. The third-order valence-electron chi connectivity index (χ3n) is 6.50. The Bertz CT molecular complexity index is 1030. The van der Waals surface area contributed by atoms with Crippen molar-refractivity contribution >= 4 is 16.9 Å². The number of aliphatic hydroxyl groups is 2. The second-order valence-corrected chi connectivity index (χ2v) is 9.77. The minimum atomic E-state index is -1.12. The Morgan fingerprint density at radius 2 is 1.37 bits per heavy atom. The molecule has 1 fully saturated rings. The van der Waals surface area contributed by atoms with Gasteiger partial charge in [-0.15, -0.1) is 0 Å². The molecule has 2 aliphatic rings. The molecule has 0 saturated carbocycles. The molecule has 182 valence electrons. The number of ether oxygens (including phenoxy) is 2. The summed E-state index contributed by atoms with van der Waals surface area (Å²) in [5.74, 6) is 0. The van der Waals surface area contributed by atoms with Crippen LogP contribution in [0.15, 0.2) is 96.0 Å². The maximum absolute atomic E-state index is 11.0. The van der Waals surface area contributed by atoms with Gasteiger partial charge in [0.2, 0.25) is 0 Å². The minimum Gasteiger partial charge on any atom is -0.388 e. The number of rotatable bonds is 7. The lowest BCUT2D eigenvalue weighted by Crippen LogP contribution is -2.56. The summed E-state index contributed by atoms with van der Waals surface area (Å²) in [5.41, 5.74) is 1.59. The van der Waals surface area contributed by atoms with Gasteiger partial charge >= 0.3 is 0 Å². The van der Waals surface area contributed by atoms with Crippen molar-refractivity contribution in [2.24, 2.45) is 4.99 Å². The molecule has 0 amide bonds. The fraction of sp³-hybridized carbons (Fsp3) is 0.321. The molecule has 35 heavy (non-hydrogen) atoms. The molecule has 0 unspecified atom stereocenters. The molecule has 2 aliphatic heterocycles. The van der Waals surface area contributed by atoms with E-state index in [4.69, 9.17) is 9.47 Å². The van der Waals surface area contributed by atoms with Gasteiger partial charge in [-0.2, -0.15) is 0 Å². The van der Waals surface area contributed by atoms with Gasteiger partial charge in [-0.25, -0.2) is 0 Å². The van der Waals surface area contributed by atoms with Crippen LogP contribution in [0, 0.1) is 0 Å². The summed E-state index contributed by atoms with van der Waals surface area (Å²) in [6, 6.07) is 29.7. The Morgan fingerprint density at radius 3 is 1.86 bits per heavy atom. The number of hydrogen-bond donors (Lipinski definition) is 3. The molecule has 0 radical (unpaired) electrons. The Morgan fingerprint density at radius 1 is 0.857 bits per heavy atom. The van der Waals surface area contributed by atoms with Crippen molar-refractivity contribution in [3.05, 3.63) is 108 Å². The second kappa shape index (κ2) is 10.5.